The van der Waals surface area contributed by atoms with Crippen LogP contribution in [0.1, 0.15) is 58.1 Å². The van der Waals surface area contributed by atoms with Gasteiger partial charge in [0.05, 0.1) is 10.7 Å². The lowest BCUT2D eigenvalue weighted by atomic mass is 9.85. The minimum Gasteiger partial charge on any atom is -0.381 e. The number of unbranched alkanes of at least 4 members (excludes halogenated alkanes) is 1. The van der Waals surface area contributed by atoms with Gasteiger partial charge in [-0.2, -0.15) is 0 Å². The molecule has 1 aliphatic rings. The first kappa shape index (κ1) is 22.7. The number of aromatic nitrogens is 2. The largest absolute Gasteiger partial charge is 0.381 e. The third kappa shape index (κ3) is 7.72. The zero-order valence-corrected chi connectivity index (χ0v) is 19.2. The summed E-state index contributed by atoms with van der Waals surface area (Å²) in [4.78, 5) is 6.18. The molecule has 1 aliphatic heterocycles. The number of allylic oxidation sites excluding steroid dienone is 1. The van der Waals surface area contributed by atoms with Crippen LogP contribution in [0.4, 0.5) is 5.69 Å². The Labute approximate surface area is 178 Å². The van der Waals surface area contributed by atoms with Crippen LogP contribution in [0.3, 0.4) is 0 Å². The quantitative estimate of drug-likeness (QED) is 0.401. The third-order valence-corrected chi connectivity index (χ3v) is 6.66. The molecule has 1 aromatic rings. The van der Waals surface area contributed by atoms with E-state index in [0.29, 0.717) is 9.41 Å². The Bertz CT molecular complexity index is 726. The van der Waals surface area contributed by atoms with Gasteiger partial charge in [-0.05, 0) is 68.8 Å². The van der Waals surface area contributed by atoms with E-state index in [1.807, 2.05) is 18.7 Å². The molecule has 27 heavy (non-hydrogen) atoms. The topological polar surface area (TPSA) is 52.8 Å². The Morgan fingerprint density at radius 1 is 1.30 bits per heavy atom. The maximum atomic E-state index is 5.63. The van der Waals surface area contributed by atoms with Crippen LogP contribution in [0, 0.1) is 28.2 Å². The van der Waals surface area contributed by atoms with Crippen molar-refractivity contribution in [1.82, 2.24) is 9.97 Å². The Morgan fingerprint density at radius 3 is 2.85 bits per heavy atom. The normalized spacial score (nSPS) is 21.5. The summed E-state index contributed by atoms with van der Waals surface area (Å²) < 4.78 is 6.86. The van der Waals surface area contributed by atoms with Crippen molar-refractivity contribution >= 4 is 41.9 Å². The van der Waals surface area contributed by atoms with Crippen LogP contribution >= 0.6 is 36.2 Å². The molecule has 0 saturated carbocycles. The molecule has 0 aromatic carbocycles. The summed E-state index contributed by atoms with van der Waals surface area (Å²) in [6.45, 7) is 8.43. The fourth-order valence-corrected chi connectivity index (χ4v) is 5.06. The monoisotopic (exact) mass is 427 g/mol. The maximum absolute atomic E-state index is 5.63. The highest BCUT2D eigenvalue weighted by Crippen LogP contribution is 2.30. The molecule has 0 aliphatic carbocycles. The Hall–Kier alpha value is -0.630. The van der Waals surface area contributed by atoms with Crippen molar-refractivity contribution < 1.29 is 4.74 Å². The molecule has 2 rings (SSSR count). The summed E-state index contributed by atoms with van der Waals surface area (Å²) in [5, 5.41) is 4.73. The van der Waals surface area contributed by atoms with Crippen molar-refractivity contribution in [2.75, 3.05) is 24.3 Å². The number of anilines is 1. The molecular weight excluding hydrogens is 394 g/mol. The molecule has 152 valence electrons. The molecule has 1 fully saturated rings. The van der Waals surface area contributed by atoms with Gasteiger partial charge in [0.2, 0.25) is 0 Å². The molecule has 0 radical (unpaired) electrons. The van der Waals surface area contributed by atoms with E-state index in [1.165, 1.54) is 30.7 Å². The van der Waals surface area contributed by atoms with Crippen LogP contribution in [-0.2, 0) is 4.74 Å². The van der Waals surface area contributed by atoms with E-state index in [1.54, 1.807) is 0 Å². The summed E-state index contributed by atoms with van der Waals surface area (Å²) in [6.07, 6.45) is 9.38. The van der Waals surface area contributed by atoms with Gasteiger partial charge in [-0.3, -0.25) is 0 Å². The van der Waals surface area contributed by atoms with Gasteiger partial charge in [0, 0.05) is 18.9 Å². The smallest absolute Gasteiger partial charge is 0.175 e. The molecule has 0 amide bonds. The number of aromatic amines is 2. The van der Waals surface area contributed by atoms with Gasteiger partial charge in [-0.1, -0.05) is 38.6 Å². The molecular formula is C20H33N3OS3. The van der Waals surface area contributed by atoms with Gasteiger partial charge < -0.3 is 20.0 Å². The molecule has 0 bridgehead atoms. The highest BCUT2D eigenvalue weighted by atomic mass is 32.2. The van der Waals surface area contributed by atoms with Crippen LogP contribution < -0.4 is 5.32 Å². The lowest BCUT2D eigenvalue weighted by Gasteiger charge is -2.26. The van der Waals surface area contributed by atoms with Gasteiger partial charge in [0.1, 0.15) is 4.64 Å². The second-order valence-electron chi connectivity index (χ2n) is 7.31. The molecule has 7 heteroatoms. The predicted octanol–water partition coefficient (Wildman–Crippen LogP) is 6.74. The van der Waals surface area contributed by atoms with E-state index >= 15 is 0 Å². The molecule has 2 atom stereocenters. The SMILES string of the molecule is CCC/C=C(/Nc1c(C)[nH]c(=S)[nH]c1=S)SCCC1CCCOCCC1C. The highest BCUT2D eigenvalue weighted by molar-refractivity contribution is 8.03. The fourth-order valence-electron chi connectivity index (χ4n) is 3.38. The minimum atomic E-state index is 0.567. The number of nitrogens with one attached hydrogen (secondary N) is 3. The molecule has 1 aromatic heterocycles. The summed E-state index contributed by atoms with van der Waals surface area (Å²) >= 11 is 12.5. The zero-order chi connectivity index (χ0) is 19.6. The van der Waals surface area contributed by atoms with Gasteiger partial charge >= 0.3 is 0 Å². The molecule has 0 spiro atoms. The molecule has 3 N–H and O–H groups in total. The molecule has 1 saturated heterocycles. The number of hydrogen-bond acceptors (Lipinski definition) is 5. The van der Waals surface area contributed by atoms with Crippen LogP contribution in [0.5, 0.6) is 0 Å². The van der Waals surface area contributed by atoms with E-state index in [0.717, 1.165) is 55.0 Å². The lowest BCUT2D eigenvalue weighted by Crippen LogP contribution is -2.19. The average molecular weight is 428 g/mol. The number of hydrogen-bond donors (Lipinski definition) is 3. The molecule has 2 heterocycles. The number of H-pyrrole nitrogens is 2. The molecule has 4 nitrogen and oxygen atoms in total. The molecule has 2 unspecified atom stereocenters. The first-order valence-electron chi connectivity index (χ1n) is 10.0. The maximum Gasteiger partial charge on any atom is 0.175 e. The van der Waals surface area contributed by atoms with Gasteiger partial charge in [0.15, 0.2) is 4.77 Å². The summed E-state index contributed by atoms with van der Waals surface area (Å²) in [5.74, 6) is 2.66. The van der Waals surface area contributed by atoms with Crippen LogP contribution in [0.15, 0.2) is 11.1 Å². The van der Waals surface area contributed by atoms with E-state index in [2.05, 4.69) is 35.2 Å². The highest BCUT2D eigenvalue weighted by Gasteiger charge is 2.19. The first-order chi connectivity index (χ1) is 13.0. The Morgan fingerprint density at radius 2 is 2.11 bits per heavy atom. The van der Waals surface area contributed by atoms with Crippen LogP contribution in [0.2, 0.25) is 0 Å². The lowest BCUT2D eigenvalue weighted by molar-refractivity contribution is 0.0837. The van der Waals surface area contributed by atoms with Crippen molar-refractivity contribution in [2.45, 2.75) is 59.3 Å². The van der Waals surface area contributed by atoms with Crippen molar-refractivity contribution in [2.24, 2.45) is 11.8 Å². The number of rotatable bonds is 8. The zero-order valence-electron chi connectivity index (χ0n) is 16.7. The Kier molecular flexibility index (Phi) is 10.1. The predicted molar refractivity (Wildman–Crippen MR) is 123 cm³/mol. The fraction of sp³-hybridized carbons (Fsp3) is 0.700. The summed E-state index contributed by atoms with van der Waals surface area (Å²) in [6, 6.07) is 0. The number of thioether (sulfide) groups is 1. The van der Waals surface area contributed by atoms with Crippen molar-refractivity contribution in [3.63, 3.8) is 0 Å². The number of ether oxygens (including phenoxy) is 1. The van der Waals surface area contributed by atoms with Gasteiger partial charge in [0.25, 0.3) is 0 Å². The van der Waals surface area contributed by atoms with Gasteiger partial charge in [-0.25, -0.2) is 0 Å². The van der Waals surface area contributed by atoms with Gasteiger partial charge in [-0.15, -0.1) is 11.8 Å². The van der Waals surface area contributed by atoms with Crippen molar-refractivity contribution in [1.29, 1.82) is 0 Å². The Balaban J connectivity index is 1.98. The van der Waals surface area contributed by atoms with E-state index in [4.69, 9.17) is 29.2 Å². The second-order valence-corrected chi connectivity index (χ2v) is 9.26. The van der Waals surface area contributed by atoms with E-state index in [9.17, 15) is 0 Å². The second kappa shape index (κ2) is 12.0. The number of aryl methyl sites for hydroxylation is 1. The third-order valence-electron chi connectivity index (χ3n) is 5.13. The van der Waals surface area contributed by atoms with Crippen LogP contribution in [0.25, 0.3) is 0 Å². The van der Waals surface area contributed by atoms with Crippen LogP contribution in [-0.4, -0.2) is 28.9 Å². The van der Waals surface area contributed by atoms with E-state index in [-0.39, 0.29) is 0 Å². The minimum absolute atomic E-state index is 0.567. The van der Waals surface area contributed by atoms with Crippen molar-refractivity contribution in [3.05, 3.63) is 26.2 Å². The summed E-state index contributed by atoms with van der Waals surface area (Å²) in [7, 11) is 0. The standard InChI is InChI=1S/C20H33N3OS3/c1-4-5-8-17(22-18-15(3)21-20(26)23-19(18)25)27-13-10-16-7-6-11-24-12-9-14(16)2/h8,14,16,22H,4-7,9-13H2,1-3H3,(H2,21,23,25,26)/b17-8-. The average Bonchev–Trinajstić information content (AvgIpc) is 2.61. The summed E-state index contributed by atoms with van der Waals surface area (Å²) in [5.41, 5.74) is 1.89. The van der Waals surface area contributed by atoms with E-state index < -0.39 is 0 Å². The first-order valence-corrected chi connectivity index (χ1v) is 11.8. The van der Waals surface area contributed by atoms with Crippen molar-refractivity contribution in [3.8, 4) is 0 Å².